The molecule has 0 saturated carbocycles. The Bertz CT molecular complexity index is 449. The zero-order valence-corrected chi connectivity index (χ0v) is 11.3. The lowest BCUT2D eigenvalue weighted by atomic mass is 9.97. The molecule has 1 aromatic heterocycles. The van der Waals surface area contributed by atoms with Gasteiger partial charge in [-0.05, 0) is 12.0 Å². The summed E-state index contributed by atoms with van der Waals surface area (Å²) in [4.78, 5) is 24.1. The van der Waals surface area contributed by atoms with Crippen LogP contribution in [0, 0.1) is 5.92 Å². The van der Waals surface area contributed by atoms with Crippen molar-refractivity contribution >= 4 is 28.1 Å². The van der Waals surface area contributed by atoms with Crippen molar-refractivity contribution in [3.8, 4) is 0 Å². The van der Waals surface area contributed by atoms with Crippen molar-refractivity contribution in [2.75, 3.05) is 12.8 Å². The molecule has 2 N–H and O–H groups in total. The molecule has 4 nitrogen and oxygen atoms in total. The van der Waals surface area contributed by atoms with Crippen LogP contribution in [0.15, 0.2) is 0 Å². The van der Waals surface area contributed by atoms with Crippen molar-refractivity contribution < 1.29 is 14.3 Å². The number of carbonyl (C=O) groups is 2. The SMILES string of the molecule is CCc1c(C(=O)OC)sc(N)c1C(=O)C(C)C. The Kier molecular flexibility index (Phi) is 4.28. The lowest BCUT2D eigenvalue weighted by Crippen LogP contribution is -2.12. The van der Waals surface area contributed by atoms with E-state index in [1.165, 1.54) is 7.11 Å². The second-order valence-corrected chi connectivity index (χ2v) is 5.07. The molecule has 1 rings (SSSR count). The van der Waals surface area contributed by atoms with E-state index >= 15 is 0 Å². The van der Waals surface area contributed by atoms with Crippen LogP contribution in [0.3, 0.4) is 0 Å². The highest BCUT2D eigenvalue weighted by atomic mass is 32.1. The average molecular weight is 255 g/mol. The third kappa shape index (κ3) is 2.49. The summed E-state index contributed by atoms with van der Waals surface area (Å²) in [6.45, 7) is 5.53. The predicted molar refractivity (Wildman–Crippen MR) is 68.6 cm³/mol. The van der Waals surface area contributed by atoms with Crippen LogP contribution in [0.2, 0.25) is 0 Å². The monoisotopic (exact) mass is 255 g/mol. The number of thiophene rings is 1. The maximum atomic E-state index is 12.0. The average Bonchev–Trinajstić information content (AvgIpc) is 2.63. The summed E-state index contributed by atoms with van der Waals surface area (Å²) in [5.41, 5.74) is 7.04. The Labute approximate surface area is 105 Å². The van der Waals surface area contributed by atoms with Gasteiger partial charge in [0.2, 0.25) is 0 Å². The molecule has 1 heterocycles. The largest absolute Gasteiger partial charge is 0.465 e. The van der Waals surface area contributed by atoms with Crippen LogP contribution >= 0.6 is 11.3 Å². The Morgan fingerprint density at radius 3 is 2.41 bits per heavy atom. The summed E-state index contributed by atoms with van der Waals surface area (Å²) in [6.07, 6.45) is 0.589. The standard InChI is InChI=1S/C12H17NO3S/c1-5-7-8(9(14)6(2)3)11(13)17-10(7)12(15)16-4/h6H,5,13H2,1-4H3. The van der Waals surface area contributed by atoms with E-state index in [2.05, 4.69) is 0 Å². The summed E-state index contributed by atoms with van der Waals surface area (Å²) in [7, 11) is 1.32. The molecule has 94 valence electrons. The zero-order chi connectivity index (χ0) is 13.2. The number of nitrogen functional groups attached to an aromatic ring is 1. The van der Waals surface area contributed by atoms with Crippen LogP contribution in [0.5, 0.6) is 0 Å². The number of nitrogens with two attached hydrogens (primary N) is 1. The Hall–Kier alpha value is -1.36. The van der Waals surface area contributed by atoms with E-state index < -0.39 is 5.97 Å². The molecule has 0 bridgehead atoms. The first-order valence-corrected chi connectivity index (χ1v) is 6.29. The van der Waals surface area contributed by atoms with Crippen LogP contribution in [-0.4, -0.2) is 18.9 Å². The van der Waals surface area contributed by atoms with Gasteiger partial charge in [0.1, 0.15) is 4.88 Å². The number of methoxy groups -OCH3 is 1. The molecule has 0 unspecified atom stereocenters. The molecule has 17 heavy (non-hydrogen) atoms. The molecule has 0 aliphatic rings. The maximum Gasteiger partial charge on any atom is 0.348 e. The number of ether oxygens (including phenoxy) is 1. The van der Waals surface area contributed by atoms with Crippen molar-refractivity contribution in [3.63, 3.8) is 0 Å². The summed E-state index contributed by atoms with van der Waals surface area (Å²) < 4.78 is 4.69. The van der Waals surface area contributed by atoms with Gasteiger partial charge in [0.15, 0.2) is 5.78 Å². The third-order valence-electron chi connectivity index (χ3n) is 2.53. The highest BCUT2D eigenvalue weighted by Crippen LogP contribution is 2.33. The van der Waals surface area contributed by atoms with E-state index in [0.717, 1.165) is 11.3 Å². The Balaban J connectivity index is 3.36. The fourth-order valence-corrected chi connectivity index (χ4v) is 2.72. The van der Waals surface area contributed by atoms with E-state index in [1.807, 2.05) is 20.8 Å². The molecule has 0 amide bonds. The highest BCUT2D eigenvalue weighted by Gasteiger charge is 2.26. The number of ketones is 1. The number of Topliss-reactive ketones (excluding diaryl/α,β-unsaturated/α-hetero) is 1. The molecule has 0 atom stereocenters. The summed E-state index contributed by atoms with van der Waals surface area (Å²) in [5, 5.41) is 0.404. The molecule has 1 aromatic rings. The van der Waals surface area contributed by atoms with Crippen LogP contribution in [0.4, 0.5) is 5.00 Å². The number of carbonyl (C=O) groups excluding carboxylic acids is 2. The fraction of sp³-hybridized carbons (Fsp3) is 0.500. The number of hydrogen-bond donors (Lipinski definition) is 1. The smallest absolute Gasteiger partial charge is 0.348 e. The molecular weight excluding hydrogens is 238 g/mol. The zero-order valence-electron chi connectivity index (χ0n) is 10.5. The van der Waals surface area contributed by atoms with E-state index in [-0.39, 0.29) is 11.7 Å². The maximum absolute atomic E-state index is 12.0. The first kappa shape index (κ1) is 13.7. The topological polar surface area (TPSA) is 69.4 Å². The van der Waals surface area contributed by atoms with Gasteiger partial charge in [0.25, 0.3) is 0 Å². The normalized spacial score (nSPS) is 10.6. The summed E-state index contributed by atoms with van der Waals surface area (Å²) in [6, 6.07) is 0. The number of rotatable bonds is 4. The summed E-state index contributed by atoms with van der Waals surface area (Å²) >= 11 is 1.13. The Morgan fingerprint density at radius 1 is 1.41 bits per heavy atom. The van der Waals surface area contributed by atoms with Crippen LogP contribution in [0.25, 0.3) is 0 Å². The lowest BCUT2D eigenvalue weighted by Gasteiger charge is -2.06. The molecule has 0 aliphatic heterocycles. The van der Waals surface area contributed by atoms with Crippen LogP contribution < -0.4 is 5.73 Å². The van der Waals surface area contributed by atoms with Gasteiger partial charge < -0.3 is 10.5 Å². The molecule has 5 heteroatoms. The second-order valence-electron chi connectivity index (χ2n) is 4.01. The van der Waals surface area contributed by atoms with Crippen LogP contribution in [0.1, 0.15) is 46.4 Å². The van der Waals surface area contributed by atoms with Gasteiger partial charge in [-0.15, -0.1) is 11.3 Å². The van der Waals surface area contributed by atoms with Crippen molar-refractivity contribution in [2.45, 2.75) is 27.2 Å². The molecular formula is C12H17NO3S. The fourth-order valence-electron chi connectivity index (χ4n) is 1.64. The minimum Gasteiger partial charge on any atom is -0.465 e. The molecule has 0 radical (unpaired) electrons. The lowest BCUT2D eigenvalue weighted by molar-refractivity contribution is 0.0605. The number of hydrogen-bond acceptors (Lipinski definition) is 5. The molecule has 0 aromatic carbocycles. The van der Waals surface area contributed by atoms with Gasteiger partial charge in [0, 0.05) is 5.92 Å². The number of esters is 1. The van der Waals surface area contributed by atoms with E-state index in [4.69, 9.17) is 10.5 Å². The first-order chi connectivity index (χ1) is 7.93. The molecule has 0 saturated heterocycles. The van der Waals surface area contributed by atoms with Crippen molar-refractivity contribution in [3.05, 3.63) is 16.0 Å². The van der Waals surface area contributed by atoms with Gasteiger partial charge in [-0.3, -0.25) is 4.79 Å². The third-order valence-corrected chi connectivity index (χ3v) is 3.57. The number of anilines is 1. The van der Waals surface area contributed by atoms with Crippen molar-refractivity contribution in [1.82, 2.24) is 0 Å². The van der Waals surface area contributed by atoms with Gasteiger partial charge in [-0.25, -0.2) is 4.79 Å². The Morgan fingerprint density at radius 2 is 2.00 bits per heavy atom. The second kappa shape index (κ2) is 5.31. The quantitative estimate of drug-likeness (QED) is 0.663. The van der Waals surface area contributed by atoms with Crippen LogP contribution in [-0.2, 0) is 11.2 Å². The minimum absolute atomic E-state index is 0.0225. The predicted octanol–water partition coefficient (Wildman–Crippen LogP) is 2.52. The molecule has 0 aliphatic carbocycles. The highest BCUT2D eigenvalue weighted by molar-refractivity contribution is 7.18. The van der Waals surface area contributed by atoms with E-state index in [0.29, 0.717) is 27.4 Å². The first-order valence-electron chi connectivity index (χ1n) is 5.47. The van der Waals surface area contributed by atoms with Gasteiger partial charge in [-0.2, -0.15) is 0 Å². The van der Waals surface area contributed by atoms with Gasteiger partial charge >= 0.3 is 5.97 Å². The summed E-state index contributed by atoms with van der Waals surface area (Å²) in [5.74, 6) is -0.588. The van der Waals surface area contributed by atoms with E-state index in [1.54, 1.807) is 0 Å². The van der Waals surface area contributed by atoms with Crippen molar-refractivity contribution in [1.29, 1.82) is 0 Å². The van der Waals surface area contributed by atoms with Gasteiger partial charge in [0.05, 0.1) is 17.7 Å². The van der Waals surface area contributed by atoms with Crippen molar-refractivity contribution in [2.24, 2.45) is 5.92 Å². The molecule has 0 spiro atoms. The van der Waals surface area contributed by atoms with E-state index in [9.17, 15) is 9.59 Å². The minimum atomic E-state index is -0.429. The van der Waals surface area contributed by atoms with Gasteiger partial charge in [-0.1, -0.05) is 20.8 Å². The molecule has 0 fully saturated rings.